The van der Waals surface area contributed by atoms with Crippen molar-refractivity contribution in [3.63, 3.8) is 0 Å². The number of nitrogens with two attached hydrogens (primary N) is 3. The van der Waals surface area contributed by atoms with Crippen LogP contribution in [0.25, 0.3) is 10.9 Å². The third kappa shape index (κ3) is 9.45. The molecule has 11 N–H and O–H groups in total. The Balaban J connectivity index is 2.20. The van der Waals surface area contributed by atoms with E-state index in [0.717, 1.165) is 16.5 Å². The standard InChI is InChI=1S/C26H40N8O5S/c1-3-14(2)21(34-23(36)19(9-6-10-30-26(28)29)32-22(35)17(27)13-40)24(37)33-20(25(38)39)11-15-12-31-18-8-5-4-7-16(15)18/h4-5,7-8,12,14,17,19-21,31,40H,3,6,9-11,13,27H2,1-2H3,(H,32,35)(H,33,37)(H,34,36)(H,38,39)(H4,28,29,30). The summed E-state index contributed by atoms with van der Waals surface area (Å²) < 4.78 is 0. The molecule has 5 atom stereocenters. The zero-order valence-electron chi connectivity index (χ0n) is 22.7. The van der Waals surface area contributed by atoms with E-state index in [1.165, 1.54) is 0 Å². The fraction of sp³-hybridized carbons (Fsp3) is 0.500. The molecule has 40 heavy (non-hydrogen) atoms. The van der Waals surface area contributed by atoms with Crippen molar-refractivity contribution in [3.05, 3.63) is 36.0 Å². The number of hydrogen-bond acceptors (Lipinski definition) is 7. The first-order valence-electron chi connectivity index (χ1n) is 13.1. The number of guanidine groups is 1. The molecule has 13 nitrogen and oxygen atoms in total. The van der Waals surface area contributed by atoms with Gasteiger partial charge in [0.05, 0.1) is 6.04 Å². The molecule has 2 aromatic rings. The quantitative estimate of drug-likeness (QED) is 0.0551. The molecule has 1 heterocycles. The lowest BCUT2D eigenvalue weighted by Crippen LogP contribution is -2.59. The van der Waals surface area contributed by atoms with Gasteiger partial charge in [0.1, 0.15) is 18.1 Å². The summed E-state index contributed by atoms with van der Waals surface area (Å²) in [6.45, 7) is 3.84. The lowest BCUT2D eigenvalue weighted by molar-refractivity contribution is -0.142. The van der Waals surface area contributed by atoms with Crippen LogP contribution in [0.15, 0.2) is 35.5 Å². The molecule has 0 aliphatic rings. The van der Waals surface area contributed by atoms with Crippen LogP contribution in [-0.2, 0) is 25.6 Å². The average molecular weight is 577 g/mol. The van der Waals surface area contributed by atoms with Crippen LogP contribution >= 0.6 is 12.6 Å². The topological polar surface area (TPSA) is 231 Å². The van der Waals surface area contributed by atoms with E-state index in [-0.39, 0.29) is 37.0 Å². The third-order valence-electron chi connectivity index (χ3n) is 6.62. The van der Waals surface area contributed by atoms with E-state index in [1.54, 1.807) is 13.1 Å². The van der Waals surface area contributed by atoms with Crippen molar-refractivity contribution in [2.75, 3.05) is 12.3 Å². The lowest BCUT2D eigenvalue weighted by Gasteiger charge is -2.28. The van der Waals surface area contributed by atoms with E-state index in [9.17, 15) is 24.3 Å². The molecule has 0 saturated carbocycles. The van der Waals surface area contributed by atoms with Gasteiger partial charge in [0.2, 0.25) is 17.7 Å². The highest BCUT2D eigenvalue weighted by molar-refractivity contribution is 7.80. The van der Waals surface area contributed by atoms with Crippen molar-refractivity contribution in [3.8, 4) is 0 Å². The van der Waals surface area contributed by atoms with Gasteiger partial charge in [-0.2, -0.15) is 12.6 Å². The van der Waals surface area contributed by atoms with Crippen LogP contribution < -0.4 is 33.2 Å². The number of benzene rings is 1. The van der Waals surface area contributed by atoms with Gasteiger partial charge < -0.3 is 43.2 Å². The summed E-state index contributed by atoms with van der Waals surface area (Å²) in [6.07, 6.45) is 2.80. The first-order valence-corrected chi connectivity index (χ1v) is 13.7. The molecule has 3 amide bonds. The largest absolute Gasteiger partial charge is 0.480 e. The molecule has 0 aliphatic heterocycles. The Kier molecular flexibility index (Phi) is 12.7. The fourth-order valence-corrected chi connectivity index (χ4v) is 4.24. The zero-order valence-corrected chi connectivity index (χ0v) is 23.6. The van der Waals surface area contributed by atoms with Crippen LogP contribution in [-0.4, -0.2) is 76.2 Å². The molecule has 5 unspecified atom stereocenters. The first-order chi connectivity index (χ1) is 19.0. The second kappa shape index (κ2) is 15.7. The maximum absolute atomic E-state index is 13.4. The third-order valence-corrected chi connectivity index (χ3v) is 7.01. The van der Waals surface area contributed by atoms with Crippen molar-refractivity contribution in [2.45, 2.75) is 63.7 Å². The Labute approximate surface area is 238 Å². The number of carboxylic acid groups (broad SMARTS) is 1. The van der Waals surface area contributed by atoms with E-state index in [1.807, 2.05) is 31.2 Å². The fourth-order valence-electron chi connectivity index (χ4n) is 4.07. The van der Waals surface area contributed by atoms with Crippen LogP contribution in [0.1, 0.15) is 38.7 Å². The van der Waals surface area contributed by atoms with Gasteiger partial charge in [-0.15, -0.1) is 0 Å². The zero-order chi connectivity index (χ0) is 29.8. The second-order valence-electron chi connectivity index (χ2n) is 9.63. The van der Waals surface area contributed by atoms with E-state index in [4.69, 9.17) is 17.2 Å². The molecular formula is C26H40N8O5S. The molecule has 14 heteroatoms. The van der Waals surface area contributed by atoms with Crippen molar-refractivity contribution >= 4 is 53.2 Å². The van der Waals surface area contributed by atoms with Crippen molar-refractivity contribution in [2.24, 2.45) is 28.1 Å². The molecule has 0 aliphatic carbocycles. The Hall–Kier alpha value is -3.78. The Morgan fingerprint density at radius 1 is 1.05 bits per heavy atom. The van der Waals surface area contributed by atoms with Gasteiger partial charge in [-0.3, -0.25) is 19.4 Å². The maximum atomic E-state index is 13.4. The smallest absolute Gasteiger partial charge is 0.326 e. The number of amides is 3. The Bertz CT molecular complexity index is 1200. The Morgan fingerprint density at radius 3 is 2.35 bits per heavy atom. The predicted octanol–water partition coefficient (Wildman–Crippen LogP) is -0.394. The van der Waals surface area contributed by atoms with Crippen LogP contribution in [0.2, 0.25) is 0 Å². The molecule has 1 aromatic carbocycles. The van der Waals surface area contributed by atoms with E-state index >= 15 is 0 Å². The van der Waals surface area contributed by atoms with E-state index in [0.29, 0.717) is 12.8 Å². The summed E-state index contributed by atoms with van der Waals surface area (Å²) >= 11 is 4.02. The maximum Gasteiger partial charge on any atom is 0.326 e. The minimum Gasteiger partial charge on any atom is -0.480 e. The predicted molar refractivity (Wildman–Crippen MR) is 157 cm³/mol. The van der Waals surface area contributed by atoms with Gasteiger partial charge in [-0.1, -0.05) is 38.5 Å². The first kappa shape index (κ1) is 32.4. The van der Waals surface area contributed by atoms with E-state index in [2.05, 4.69) is 38.6 Å². The molecule has 220 valence electrons. The average Bonchev–Trinajstić information content (AvgIpc) is 3.34. The highest BCUT2D eigenvalue weighted by atomic mass is 32.1. The molecule has 0 bridgehead atoms. The van der Waals surface area contributed by atoms with Gasteiger partial charge in [0.25, 0.3) is 0 Å². The lowest BCUT2D eigenvalue weighted by atomic mass is 9.96. The number of rotatable bonds is 16. The van der Waals surface area contributed by atoms with Crippen molar-refractivity contribution in [1.29, 1.82) is 0 Å². The van der Waals surface area contributed by atoms with Crippen LogP contribution in [0, 0.1) is 5.92 Å². The number of H-pyrrole nitrogens is 1. The number of aromatic amines is 1. The molecule has 0 fully saturated rings. The summed E-state index contributed by atoms with van der Waals surface area (Å²) in [5, 5.41) is 18.6. The number of aliphatic imine (C=N–C) groups is 1. The number of carbonyl (C=O) groups excluding carboxylic acids is 3. The summed E-state index contributed by atoms with van der Waals surface area (Å²) in [4.78, 5) is 58.2. The number of carboxylic acids is 1. The second-order valence-corrected chi connectivity index (χ2v) is 10.00. The SMILES string of the molecule is CCC(C)C(NC(=O)C(CCCN=C(N)N)NC(=O)C(N)CS)C(=O)NC(Cc1c[nH]c2ccccc12)C(=O)O. The number of nitrogens with one attached hydrogen (secondary N) is 4. The molecule has 0 saturated heterocycles. The minimum absolute atomic E-state index is 0.0390. The minimum atomic E-state index is -1.24. The van der Waals surface area contributed by atoms with Crippen molar-refractivity contribution in [1.82, 2.24) is 20.9 Å². The molecular weight excluding hydrogens is 536 g/mol. The molecule has 0 radical (unpaired) electrons. The van der Waals surface area contributed by atoms with E-state index < -0.39 is 47.9 Å². The number of aromatic nitrogens is 1. The summed E-state index contributed by atoms with van der Waals surface area (Å²) in [5.74, 6) is -3.43. The van der Waals surface area contributed by atoms with Gasteiger partial charge in [0, 0.05) is 35.8 Å². The van der Waals surface area contributed by atoms with Crippen LogP contribution in [0.4, 0.5) is 0 Å². The number of carbonyl (C=O) groups is 4. The summed E-state index contributed by atoms with van der Waals surface area (Å²) in [7, 11) is 0. The van der Waals surface area contributed by atoms with Crippen molar-refractivity contribution < 1.29 is 24.3 Å². The highest BCUT2D eigenvalue weighted by Crippen LogP contribution is 2.19. The number of aliphatic carboxylic acids is 1. The monoisotopic (exact) mass is 576 g/mol. The highest BCUT2D eigenvalue weighted by Gasteiger charge is 2.33. The molecule has 0 spiro atoms. The van der Waals surface area contributed by atoms with Gasteiger partial charge in [-0.25, -0.2) is 4.79 Å². The molecule has 1 aromatic heterocycles. The Morgan fingerprint density at radius 2 is 1.73 bits per heavy atom. The normalized spacial score (nSPS) is 14.8. The summed E-state index contributed by atoms with van der Waals surface area (Å²) in [6, 6.07) is 3.18. The summed E-state index contributed by atoms with van der Waals surface area (Å²) in [5.41, 5.74) is 18.0. The van der Waals surface area contributed by atoms with Crippen LogP contribution in [0.5, 0.6) is 0 Å². The number of fused-ring (bicyclic) bond motifs is 1. The number of nitrogens with zero attached hydrogens (tertiary/aromatic N) is 1. The molecule has 2 rings (SSSR count). The van der Waals surface area contributed by atoms with Gasteiger partial charge >= 0.3 is 5.97 Å². The van der Waals surface area contributed by atoms with Gasteiger partial charge in [0.15, 0.2) is 5.96 Å². The number of hydrogen-bond donors (Lipinski definition) is 9. The number of para-hydroxylation sites is 1. The van der Waals surface area contributed by atoms with Crippen LogP contribution in [0.3, 0.4) is 0 Å². The van der Waals surface area contributed by atoms with Gasteiger partial charge in [-0.05, 0) is 30.4 Å². The number of thiol groups is 1.